The van der Waals surface area contributed by atoms with E-state index in [-0.39, 0.29) is 29.8 Å². The number of benzene rings is 1. The van der Waals surface area contributed by atoms with Crippen LogP contribution in [0, 0.1) is 11.8 Å². The molecule has 0 bridgehead atoms. The van der Waals surface area contributed by atoms with Crippen molar-refractivity contribution < 1.29 is 9.53 Å². The predicted molar refractivity (Wildman–Crippen MR) is 72.8 cm³/mol. The molecule has 98 valence electrons. The van der Waals surface area contributed by atoms with Crippen molar-refractivity contribution in [1.82, 2.24) is 0 Å². The monoisotopic (exact) mass is 246 g/mol. The molecule has 2 nitrogen and oxygen atoms in total. The maximum atomic E-state index is 12.6. The molecule has 1 aromatic rings. The SMILES string of the molecule is CCc1cccc(C(=O)C2C(C)OC(C)C2C)c1. The molecule has 2 rings (SSSR count). The summed E-state index contributed by atoms with van der Waals surface area (Å²) in [6, 6.07) is 7.98. The molecule has 1 heterocycles. The zero-order valence-corrected chi connectivity index (χ0v) is 11.6. The summed E-state index contributed by atoms with van der Waals surface area (Å²) in [6.45, 7) is 8.28. The number of carbonyl (C=O) groups is 1. The second kappa shape index (κ2) is 5.23. The number of rotatable bonds is 3. The van der Waals surface area contributed by atoms with Gasteiger partial charge in [-0.2, -0.15) is 0 Å². The van der Waals surface area contributed by atoms with Gasteiger partial charge in [-0.3, -0.25) is 4.79 Å². The number of aryl methyl sites for hydroxylation is 1. The van der Waals surface area contributed by atoms with Gasteiger partial charge in [-0.15, -0.1) is 0 Å². The van der Waals surface area contributed by atoms with Gasteiger partial charge in [-0.25, -0.2) is 0 Å². The Kier molecular flexibility index (Phi) is 3.86. The van der Waals surface area contributed by atoms with Crippen LogP contribution in [-0.2, 0) is 11.2 Å². The van der Waals surface area contributed by atoms with E-state index in [9.17, 15) is 4.79 Å². The highest BCUT2D eigenvalue weighted by Crippen LogP contribution is 2.34. The minimum absolute atomic E-state index is 0.00731. The van der Waals surface area contributed by atoms with E-state index in [1.54, 1.807) is 0 Å². The van der Waals surface area contributed by atoms with E-state index in [1.807, 2.05) is 25.1 Å². The van der Waals surface area contributed by atoms with Gasteiger partial charge in [0.05, 0.1) is 18.1 Å². The second-order valence-electron chi connectivity index (χ2n) is 5.35. The highest BCUT2D eigenvalue weighted by molar-refractivity contribution is 5.98. The number of ketones is 1. The van der Waals surface area contributed by atoms with Crippen LogP contribution in [0.25, 0.3) is 0 Å². The van der Waals surface area contributed by atoms with Gasteiger partial charge in [0.15, 0.2) is 5.78 Å². The fraction of sp³-hybridized carbons (Fsp3) is 0.562. The normalized spacial score (nSPS) is 31.6. The molecule has 1 saturated heterocycles. The third kappa shape index (κ3) is 2.35. The molecule has 0 N–H and O–H groups in total. The average molecular weight is 246 g/mol. The van der Waals surface area contributed by atoms with Crippen molar-refractivity contribution in [2.24, 2.45) is 11.8 Å². The lowest BCUT2D eigenvalue weighted by Crippen LogP contribution is -2.26. The first-order valence-electron chi connectivity index (χ1n) is 6.83. The van der Waals surface area contributed by atoms with Gasteiger partial charge in [-0.1, -0.05) is 32.0 Å². The summed E-state index contributed by atoms with van der Waals surface area (Å²) < 4.78 is 5.76. The first kappa shape index (κ1) is 13.3. The molecular formula is C16H22O2. The molecule has 4 atom stereocenters. The zero-order chi connectivity index (χ0) is 13.3. The summed E-state index contributed by atoms with van der Waals surface area (Å²) in [5, 5.41) is 0. The summed E-state index contributed by atoms with van der Waals surface area (Å²) in [5.41, 5.74) is 2.05. The van der Waals surface area contributed by atoms with Gasteiger partial charge in [0, 0.05) is 5.56 Å². The van der Waals surface area contributed by atoms with Gasteiger partial charge in [0.2, 0.25) is 0 Å². The summed E-state index contributed by atoms with van der Waals surface area (Å²) in [7, 11) is 0. The molecule has 0 radical (unpaired) electrons. The van der Waals surface area contributed by atoms with Crippen LogP contribution >= 0.6 is 0 Å². The van der Waals surface area contributed by atoms with E-state index in [0.717, 1.165) is 12.0 Å². The van der Waals surface area contributed by atoms with Crippen LogP contribution in [0.2, 0.25) is 0 Å². The lowest BCUT2D eigenvalue weighted by Gasteiger charge is -2.17. The van der Waals surface area contributed by atoms with Crippen molar-refractivity contribution in [3.63, 3.8) is 0 Å². The van der Waals surface area contributed by atoms with Crippen molar-refractivity contribution in [3.05, 3.63) is 35.4 Å². The minimum Gasteiger partial charge on any atom is -0.374 e. The van der Waals surface area contributed by atoms with E-state index in [2.05, 4.69) is 26.8 Å². The molecule has 0 saturated carbocycles. The lowest BCUT2D eigenvalue weighted by molar-refractivity contribution is 0.0491. The molecular weight excluding hydrogens is 224 g/mol. The summed E-state index contributed by atoms with van der Waals surface area (Å²) in [6.07, 6.45) is 1.15. The standard InChI is InChI=1S/C16H22O2/c1-5-13-7-6-8-14(9-13)16(17)15-10(2)11(3)18-12(15)4/h6-12,15H,5H2,1-4H3. The number of hydrogen-bond acceptors (Lipinski definition) is 2. The fourth-order valence-electron chi connectivity index (χ4n) is 2.86. The molecule has 0 amide bonds. The highest BCUT2D eigenvalue weighted by Gasteiger charge is 2.41. The van der Waals surface area contributed by atoms with Crippen molar-refractivity contribution >= 4 is 5.78 Å². The lowest BCUT2D eigenvalue weighted by atomic mass is 9.83. The van der Waals surface area contributed by atoms with Crippen molar-refractivity contribution in [1.29, 1.82) is 0 Å². The van der Waals surface area contributed by atoms with Gasteiger partial charge in [0.1, 0.15) is 0 Å². The van der Waals surface area contributed by atoms with Gasteiger partial charge < -0.3 is 4.74 Å². The number of Topliss-reactive ketones (excluding diaryl/α,β-unsaturated/α-hetero) is 1. The molecule has 0 spiro atoms. The molecule has 18 heavy (non-hydrogen) atoms. The van der Waals surface area contributed by atoms with Gasteiger partial charge >= 0.3 is 0 Å². The summed E-state index contributed by atoms with van der Waals surface area (Å²) in [4.78, 5) is 12.6. The Morgan fingerprint density at radius 3 is 2.50 bits per heavy atom. The summed E-state index contributed by atoms with van der Waals surface area (Å²) in [5.74, 6) is 0.513. The van der Waals surface area contributed by atoms with Crippen molar-refractivity contribution in [2.75, 3.05) is 0 Å². The average Bonchev–Trinajstić information content (AvgIpc) is 2.62. The Morgan fingerprint density at radius 1 is 1.22 bits per heavy atom. The van der Waals surface area contributed by atoms with Crippen LogP contribution in [0.1, 0.15) is 43.6 Å². The number of carbonyl (C=O) groups excluding carboxylic acids is 1. The molecule has 0 aromatic heterocycles. The first-order valence-corrected chi connectivity index (χ1v) is 6.83. The number of hydrogen-bond donors (Lipinski definition) is 0. The van der Waals surface area contributed by atoms with E-state index < -0.39 is 0 Å². The van der Waals surface area contributed by atoms with E-state index >= 15 is 0 Å². The van der Waals surface area contributed by atoms with Gasteiger partial charge in [-0.05, 0) is 37.8 Å². The molecule has 2 heteroatoms. The van der Waals surface area contributed by atoms with Crippen LogP contribution in [0.5, 0.6) is 0 Å². The first-order chi connectivity index (χ1) is 8.54. The quantitative estimate of drug-likeness (QED) is 0.763. The molecule has 0 aliphatic carbocycles. The second-order valence-corrected chi connectivity index (χ2v) is 5.35. The van der Waals surface area contributed by atoms with Crippen LogP contribution in [-0.4, -0.2) is 18.0 Å². The Balaban J connectivity index is 2.25. The van der Waals surface area contributed by atoms with E-state index in [4.69, 9.17) is 4.74 Å². The van der Waals surface area contributed by atoms with Crippen LogP contribution in [0.3, 0.4) is 0 Å². The molecule has 1 fully saturated rings. The molecule has 1 aliphatic rings. The Bertz CT molecular complexity index is 438. The van der Waals surface area contributed by atoms with Gasteiger partial charge in [0.25, 0.3) is 0 Å². The third-order valence-electron chi connectivity index (χ3n) is 4.16. The van der Waals surface area contributed by atoms with E-state index in [1.165, 1.54) is 5.56 Å². The predicted octanol–water partition coefficient (Wildman–Crippen LogP) is 3.49. The van der Waals surface area contributed by atoms with Crippen molar-refractivity contribution in [3.8, 4) is 0 Å². The topological polar surface area (TPSA) is 26.3 Å². The maximum absolute atomic E-state index is 12.6. The Morgan fingerprint density at radius 2 is 1.94 bits per heavy atom. The maximum Gasteiger partial charge on any atom is 0.168 e. The largest absolute Gasteiger partial charge is 0.374 e. The van der Waals surface area contributed by atoms with Crippen LogP contribution in [0.15, 0.2) is 24.3 Å². The molecule has 1 aromatic carbocycles. The Labute approximate surface area is 109 Å². The number of ether oxygens (including phenoxy) is 1. The smallest absolute Gasteiger partial charge is 0.168 e. The Hall–Kier alpha value is -1.15. The molecule has 1 aliphatic heterocycles. The van der Waals surface area contributed by atoms with Crippen LogP contribution < -0.4 is 0 Å². The zero-order valence-electron chi connectivity index (χ0n) is 11.6. The third-order valence-corrected chi connectivity index (χ3v) is 4.16. The highest BCUT2D eigenvalue weighted by atomic mass is 16.5. The van der Waals surface area contributed by atoms with E-state index in [0.29, 0.717) is 0 Å². The molecule has 4 unspecified atom stereocenters. The van der Waals surface area contributed by atoms with Crippen LogP contribution in [0.4, 0.5) is 0 Å². The minimum atomic E-state index is -0.00731. The van der Waals surface area contributed by atoms with Crippen molar-refractivity contribution in [2.45, 2.75) is 46.3 Å². The fourth-order valence-corrected chi connectivity index (χ4v) is 2.86. The summed E-state index contributed by atoms with van der Waals surface area (Å²) >= 11 is 0.